The topological polar surface area (TPSA) is 72.7 Å². The third-order valence-electron chi connectivity index (χ3n) is 3.13. The molecule has 100 valence electrons. The molecule has 6 nitrogen and oxygen atoms in total. The minimum Gasteiger partial charge on any atom is -0.351 e. The molecule has 1 aromatic rings. The molecule has 2 rings (SSSR count). The molecule has 0 radical (unpaired) electrons. The third kappa shape index (κ3) is 3.69. The number of rotatable bonds is 5. The van der Waals surface area contributed by atoms with Gasteiger partial charge >= 0.3 is 0 Å². The molecule has 1 heterocycles. The first-order chi connectivity index (χ1) is 8.79. The van der Waals surface area contributed by atoms with Gasteiger partial charge in [0, 0.05) is 11.3 Å². The van der Waals surface area contributed by atoms with Crippen LogP contribution in [-0.2, 0) is 11.3 Å². The lowest BCUT2D eigenvalue weighted by Crippen LogP contribution is -2.45. The van der Waals surface area contributed by atoms with Crippen molar-refractivity contribution in [3.05, 3.63) is 6.33 Å². The average molecular weight is 269 g/mol. The molecule has 1 amide bonds. The Morgan fingerprint density at radius 2 is 2.33 bits per heavy atom. The number of nitrogens with zero attached hydrogens (tertiary/aromatic N) is 4. The van der Waals surface area contributed by atoms with Crippen molar-refractivity contribution in [2.75, 3.05) is 5.75 Å². The number of hydrogen-bond donors (Lipinski definition) is 1. The Morgan fingerprint density at radius 1 is 1.50 bits per heavy atom. The highest BCUT2D eigenvalue weighted by atomic mass is 32.2. The van der Waals surface area contributed by atoms with Gasteiger partial charge in [0.15, 0.2) is 0 Å². The SMILES string of the molecule is CCS[C@H]1CCCC[C@@H]1NC(=O)Cn1cnnn1. The van der Waals surface area contributed by atoms with E-state index < -0.39 is 0 Å². The van der Waals surface area contributed by atoms with E-state index >= 15 is 0 Å². The lowest BCUT2D eigenvalue weighted by molar-refractivity contribution is -0.122. The molecule has 1 N–H and O–H groups in total. The van der Waals surface area contributed by atoms with E-state index in [4.69, 9.17) is 0 Å². The van der Waals surface area contributed by atoms with Crippen molar-refractivity contribution in [3.8, 4) is 0 Å². The average Bonchev–Trinajstić information content (AvgIpc) is 2.84. The lowest BCUT2D eigenvalue weighted by Gasteiger charge is -2.31. The van der Waals surface area contributed by atoms with E-state index in [0.717, 1.165) is 12.2 Å². The van der Waals surface area contributed by atoms with Crippen LogP contribution >= 0.6 is 11.8 Å². The molecule has 1 fully saturated rings. The van der Waals surface area contributed by atoms with Crippen LogP contribution in [0.2, 0.25) is 0 Å². The normalized spacial score (nSPS) is 23.8. The van der Waals surface area contributed by atoms with Crippen molar-refractivity contribution in [1.82, 2.24) is 25.5 Å². The van der Waals surface area contributed by atoms with Crippen molar-refractivity contribution >= 4 is 17.7 Å². The molecule has 0 bridgehead atoms. The fourth-order valence-electron chi connectivity index (χ4n) is 2.33. The maximum atomic E-state index is 11.9. The second-order valence-corrected chi connectivity index (χ2v) is 5.98. The van der Waals surface area contributed by atoms with Gasteiger partial charge in [-0.25, -0.2) is 4.68 Å². The van der Waals surface area contributed by atoms with E-state index in [-0.39, 0.29) is 12.5 Å². The van der Waals surface area contributed by atoms with Gasteiger partial charge in [0.1, 0.15) is 12.9 Å². The Morgan fingerprint density at radius 3 is 3.06 bits per heavy atom. The smallest absolute Gasteiger partial charge is 0.242 e. The number of carbonyl (C=O) groups excluding carboxylic acids is 1. The highest BCUT2D eigenvalue weighted by molar-refractivity contribution is 7.99. The van der Waals surface area contributed by atoms with Crippen LogP contribution in [-0.4, -0.2) is 43.2 Å². The van der Waals surface area contributed by atoms with E-state index in [2.05, 4.69) is 27.8 Å². The van der Waals surface area contributed by atoms with Gasteiger partial charge in [0.05, 0.1) is 0 Å². The molecule has 0 saturated heterocycles. The van der Waals surface area contributed by atoms with E-state index in [1.165, 1.54) is 30.3 Å². The summed E-state index contributed by atoms with van der Waals surface area (Å²) in [5.41, 5.74) is 0. The van der Waals surface area contributed by atoms with Crippen molar-refractivity contribution in [2.24, 2.45) is 0 Å². The summed E-state index contributed by atoms with van der Waals surface area (Å²) in [6.45, 7) is 2.37. The van der Waals surface area contributed by atoms with Crippen molar-refractivity contribution < 1.29 is 4.79 Å². The van der Waals surface area contributed by atoms with Gasteiger partial charge < -0.3 is 5.32 Å². The summed E-state index contributed by atoms with van der Waals surface area (Å²) >= 11 is 1.95. The molecule has 0 aliphatic heterocycles. The summed E-state index contributed by atoms with van der Waals surface area (Å²) in [4.78, 5) is 11.9. The maximum Gasteiger partial charge on any atom is 0.242 e. The molecular weight excluding hydrogens is 250 g/mol. The van der Waals surface area contributed by atoms with Crippen molar-refractivity contribution in [2.45, 2.75) is 50.4 Å². The number of nitrogens with one attached hydrogen (secondary N) is 1. The Labute approximate surface area is 111 Å². The van der Waals surface area contributed by atoms with Gasteiger partial charge in [0.25, 0.3) is 0 Å². The molecule has 1 aliphatic rings. The van der Waals surface area contributed by atoms with Crippen LogP contribution in [0.25, 0.3) is 0 Å². The predicted octanol–water partition coefficient (Wildman–Crippen LogP) is 0.854. The quantitative estimate of drug-likeness (QED) is 0.858. The molecule has 7 heteroatoms. The van der Waals surface area contributed by atoms with Gasteiger partial charge in [-0.15, -0.1) is 5.10 Å². The molecular formula is C11H19N5OS. The van der Waals surface area contributed by atoms with Crippen LogP contribution in [0, 0.1) is 0 Å². The summed E-state index contributed by atoms with van der Waals surface area (Å²) < 4.78 is 1.44. The van der Waals surface area contributed by atoms with Crippen LogP contribution in [0.5, 0.6) is 0 Å². The monoisotopic (exact) mass is 269 g/mol. The number of thioether (sulfide) groups is 1. The summed E-state index contributed by atoms with van der Waals surface area (Å²) in [6, 6.07) is 0.299. The largest absolute Gasteiger partial charge is 0.351 e. The highest BCUT2D eigenvalue weighted by Crippen LogP contribution is 2.28. The molecule has 1 aliphatic carbocycles. The zero-order chi connectivity index (χ0) is 12.8. The highest BCUT2D eigenvalue weighted by Gasteiger charge is 2.26. The van der Waals surface area contributed by atoms with E-state index in [1.54, 1.807) is 0 Å². The number of tetrazole rings is 1. The second kappa shape index (κ2) is 6.72. The zero-order valence-corrected chi connectivity index (χ0v) is 11.4. The summed E-state index contributed by atoms with van der Waals surface area (Å²) in [5.74, 6) is 1.10. The van der Waals surface area contributed by atoms with E-state index in [9.17, 15) is 4.79 Å². The van der Waals surface area contributed by atoms with E-state index in [0.29, 0.717) is 11.3 Å². The van der Waals surface area contributed by atoms with Crippen LogP contribution in [0.15, 0.2) is 6.33 Å². The van der Waals surface area contributed by atoms with Crippen LogP contribution in [0.3, 0.4) is 0 Å². The van der Waals surface area contributed by atoms with Crippen LogP contribution in [0.4, 0.5) is 0 Å². The number of amides is 1. The predicted molar refractivity (Wildman–Crippen MR) is 70.1 cm³/mol. The maximum absolute atomic E-state index is 11.9. The fourth-order valence-corrected chi connectivity index (χ4v) is 3.53. The standard InChI is InChI=1S/C11H19N5OS/c1-2-18-10-6-4-3-5-9(10)13-11(17)7-16-8-12-14-15-16/h8-10H,2-7H2,1H3,(H,13,17)/t9-,10-/m0/s1. The molecule has 2 atom stereocenters. The summed E-state index contributed by atoms with van der Waals surface area (Å²) in [5, 5.41) is 14.4. The Bertz CT molecular complexity index is 368. The van der Waals surface area contributed by atoms with Crippen molar-refractivity contribution in [1.29, 1.82) is 0 Å². The first-order valence-electron chi connectivity index (χ1n) is 6.41. The minimum absolute atomic E-state index is 0.00379. The molecule has 0 unspecified atom stereocenters. The van der Waals surface area contributed by atoms with Gasteiger partial charge in [-0.1, -0.05) is 19.8 Å². The summed E-state index contributed by atoms with van der Waals surface area (Å²) in [6.07, 6.45) is 6.22. The summed E-state index contributed by atoms with van der Waals surface area (Å²) in [7, 11) is 0. The first-order valence-corrected chi connectivity index (χ1v) is 7.46. The van der Waals surface area contributed by atoms with Crippen LogP contribution in [0.1, 0.15) is 32.6 Å². The number of aromatic nitrogens is 4. The van der Waals surface area contributed by atoms with Gasteiger partial charge in [-0.05, 0) is 29.0 Å². The minimum atomic E-state index is -0.00379. The Balaban J connectivity index is 1.84. The van der Waals surface area contributed by atoms with E-state index in [1.807, 2.05) is 11.8 Å². The number of carbonyl (C=O) groups is 1. The van der Waals surface area contributed by atoms with Crippen molar-refractivity contribution in [3.63, 3.8) is 0 Å². The Hall–Kier alpha value is -1.11. The first kappa shape index (κ1) is 13.3. The lowest BCUT2D eigenvalue weighted by atomic mass is 9.95. The van der Waals surface area contributed by atoms with Crippen LogP contribution < -0.4 is 5.32 Å². The van der Waals surface area contributed by atoms with Gasteiger partial charge in [-0.2, -0.15) is 11.8 Å². The van der Waals surface area contributed by atoms with Gasteiger partial charge in [0.2, 0.25) is 5.91 Å². The molecule has 18 heavy (non-hydrogen) atoms. The second-order valence-electron chi connectivity index (χ2n) is 4.46. The fraction of sp³-hybridized carbons (Fsp3) is 0.818. The molecule has 1 saturated carbocycles. The molecule has 0 spiro atoms. The molecule has 0 aromatic carbocycles. The molecule has 1 aromatic heterocycles. The number of hydrogen-bond acceptors (Lipinski definition) is 5. The zero-order valence-electron chi connectivity index (χ0n) is 10.6. The Kier molecular flexibility index (Phi) is 4.98. The third-order valence-corrected chi connectivity index (χ3v) is 4.45. The van der Waals surface area contributed by atoms with Gasteiger partial charge in [-0.3, -0.25) is 4.79 Å².